The number of likely N-dealkylation sites (tertiary alicyclic amines) is 1. The van der Waals surface area contributed by atoms with Crippen molar-refractivity contribution in [3.63, 3.8) is 0 Å². The fourth-order valence-electron chi connectivity index (χ4n) is 5.95. The number of para-hydroxylation sites is 1. The van der Waals surface area contributed by atoms with E-state index in [1.54, 1.807) is 36.4 Å². The largest absolute Gasteiger partial charge is 0.456 e. The van der Waals surface area contributed by atoms with E-state index < -0.39 is 18.1 Å². The molecule has 3 N–H and O–H groups in total. The number of rotatable bonds is 9. The van der Waals surface area contributed by atoms with Crippen LogP contribution in [0.4, 0.5) is 21.0 Å². The predicted octanol–water partition coefficient (Wildman–Crippen LogP) is 5.16. The number of pyridine rings is 1. The van der Waals surface area contributed by atoms with Crippen LogP contribution in [-0.2, 0) is 22.5 Å². The minimum Gasteiger partial charge on any atom is -0.456 e. The average molecular weight is 598 g/mol. The van der Waals surface area contributed by atoms with E-state index in [4.69, 9.17) is 4.74 Å². The van der Waals surface area contributed by atoms with E-state index in [0.29, 0.717) is 32.5 Å². The van der Waals surface area contributed by atoms with Crippen LogP contribution in [0.1, 0.15) is 53.7 Å². The molecule has 0 saturated carbocycles. The van der Waals surface area contributed by atoms with Gasteiger partial charge in [0.05, 0.1) is 5.69 Å². The number of nitrogens with one attached hydrogen (secondary N) is 3. The third-order valence-corrected chi connectivity index (χ3v) is 8.33. The second-order valence-electron chi connectivity index (χ2n) is 11.4. The van der Waals surface area contributed by atoms with Gasteiger partial charge in [0.25, 0.3) is 0 Å². The summed E-state index contributed by atoms with van der Waals surface area (Å²) in [6.45, 7) is 10.7. The number of hydrogen-bond donors (Lipinski definition) is 3. The molecule has 1 unspecified atom stereocenters. The maximum atomic E-state index is 13.5. The molecule has 230 valence electrons. The number of hydrazone groups is 1. The molecule has 4 amide bonds. The Morgan fingerprint density at radius 2 is 1.80 bits per heavy atom. The van der Waals surface area contributed by atoms with Crippen LogP contribution < -0.4 is 16.1 Å². The van der Waals surface area contributed by atoms with E-state index in [2.05, 4.69) is 32.9 Å². The number of benzene rings is 2. The minimum atomic E-state index is -0.913. The van der Waals surface area contributed by atoms with Crippen LogP contribution >= 0.6 is 0 Å². The lowest BCUT2D eigenvalue weighted by Gasteiger charge is -2.40. The lowest BCUT2D eigenvalue weighted by atomic mass is 9.99. The maximum Gasteiger partial charge on any atom is 0.329 e. The summed E-state index contributed by atoms with van der Waals surface area (Å²) in [5, 5.41) is 9.71. The lowest BCUT2D eigenvalue weighted by molar-refractivity contribution is -0.151. The van der Waals surface area contributed by atoms with Crippen LogP contribution in [0.2, 0.25) is 0 Å². The van der Waals surface area contributed by atoms with Gasteiger partial charge in [-0.05, 0) is 79.6 Å². The van der Waals surface area contributed by atoms with Crippen molar-refractivity contribution >= 4 is 36.1 Å². The number of esters is 1. The molecule has 1 fully saturated rings. The van der Waals surface area contributed by atoms with Crippen molar-refractivity contribution in [2.75, 3.05) is 23.8 Å². The number of aryl methyl sites for hydroxylation is 2. The highest BCUT2D eigenvalue weighted by Crippen LogP contribution is 2.28. The molecule has 2 atom stereocenters. The molecule has 5 rings (SSSR count). The van der Waals surface area contributed by atoms with E-state index in [1.807, 2.05) is 55.1 Å². The van der Waals surface area contributed by atoms with Crippen molar-refractivity contribution in [3.05, 3.63) is 88.7 Å². The van der Waals surface area contributed by atoms with Crippen molar-refractivity contribution in [2.45, 2.75) is 64.8 Å². The monoisotopic (exact) mass is 597 g/mol. The SMILES string of the molecule is C=NNc1c(C)cc(CC(NC(=O)N2CCC(N3Cc4ccccc4NC3=O)CC2)C(=O)O[C@H](C)c2ccncc2)cc1C. The van der Waals surface area contributed by atoms with Crippen LogP contribution in [0.25, 0.3) is 0 Å². The van der Waals surface area contributed by atoms with Gasteiger partial charge in [0.15, 0.2) is 0 Å². The van der Waals surface area contributed by atoms with E-state index in [1.165, 1.54) is 0 Å². The topological polar surface area (TPSA) is 128 Å². The maximum absolute atomic E-state index is 13.5. The van der Waals surface area contributed by atoms with Crippen LogP contribution in [0.5, 0.6) is 0 Å². The Balaban J connectivity index is 1.26. The van der Waals surface area contributed by atoms with Gasteiger partial charge in [-0.3, -0.25) is 10.4 Å². The molecule has 3 aromatic rings. The van der Waals surface area contributed by atoms with E-state index in [0.717, 1.165) is 39.2 Å². The van der Waals surface area contributed by atoms with Gasteiger partial charge >= 0.3 is 18.0 Å². The van der Waals surface area contributed by atoms with Crippen molar-refractivity contribution in [1.82, 2.24) is 20.1 Å². The highest BCUT2D eigenvalue weighted by Gasteiger charge is 2.34. The van der Waals surface area contributed by atoms with Crippen molar-refractivity contribution in [1.29, 1.82) is 0 Å². The van der Waals surface area contributed by atoms with Gasteiger partial charge in [0.2, 0.25) is 0 Å². The van der Waals surface area contributed by atoms with Gasteiger partial charge in [-0.1, -0.05) is 30.3 Å². The van der Waals surface area contributed by atoms with Gasteiger partial charge in [-0.2, -0.15) is 5.10 Å². The molecule has 1 saturated heterocycles. The summed E-state index contributed by atoms with van der Waals surface area (Å²) in [4.78, 5) is 47.5. The van der Waals surface area contributed by atoms with Crippen molar-refractivity contribution < 1.29 is 19.1 Å². The number of piperidine rings is 1. The fraction of sp³-hybridized carbons (Fsp3) is 0.364. The Bertz CT molecular complexity index is 1500. The summed E-state index contributed by atoms with van der Waals surface area (Å²) in [6.07, 6.45) is 4.31. The molecule has 0 aliphatic carbocycles. The number of fused-ring (bicyclic) bond motifs is 1. The third kappa shape index (κ3) is 6.99. The smallest absolute Gasteiger partial charge is 0.329 e. The molecule has 2 aliphatic rings. The Morgan fingerprint density at radius 1 is 1.11 bits per heavy atom. The van der Waals surface area contributed by atoms with Gasteiger partial charge in [-0.15, -0.1) is 0 Å². The first-order valence-electron chi connectivity index (χ1n) is 14.9. The summed E-state index contributed by atoms with van der Waals surface area (Å²) >= 11 is 0. The molecular weight excluding hydrogens is 558 g/mol. The number of anilines is 2. The molecule has 1 aromatic heterocycles. The number of urea groups is 2. The number of ether oxygens (including phenoxy) is 1. The van der Waals surface area contributed by atoms with Gasteiger partial charge < -0.3 is 25.2 Å². The number of carbonyl (C=O) groups is 3. The first kappa shape index (κ1) is 30.5. The van der Waals surface area contributed by atoms with Crippen molar-refractivity contribution in [2.24, 2.45) is 5.10 Å². The second kappa shape index (κ2) is 13.6. The Hall–Kier alpha value is -4.93. The molecule has 0 bridgehead atoms. The summed E-state index contributed by atoms with van der Waals surface area (Å²) in [5.41, 5.74) is 9.27. The molecule has 11 nitrogen and oxygen atoms in total. The summed E-state index contributed by atoms with van der Waals surface area (Å²) in [7, 11) is 0. The standard InChI is InChI=1S/C33H39N7O4/c1-21-17-24(18-22(2)30(21)38-34-4)19-29(31(41)44-23(3)25-9-13-35-14-10-25)37-32(42)39-15-11-27(12-16-39)40-20-26-7-5-6-8-28(26)36-33(40)43/h5-10,13-14,17-18,23,27,29,38H,4,11-12,15-16,19-20H2,1-3H3,(H,36,43)(H,37,42)/t23-,29?/m1/s1. The fourth-order valence-corrected chi connectivity index (χ4v) is 5.95. The van der Waals surface area contributed by atoms with E-state index in [9.17, 15) is 14.4 Å². The van der Waals surface area contributed by atoms with Crippen LogP contribution in [0.3, 0.4) is 0 Å². The van der Waals surface area contributed by atoms with Crippen molar-refractivity contribution in [3.8, 4) is 0 Å². The lowest BCUT2D eigenvalue weighted by Crippen LogP contribution is -2.55. The quantitative estimate of drug-likeness (QED) is 0.178. The molecule has 11 heteroatoms. The van der Waals surface area contributed by atoms with E-state index >= 15 is 0 Å². The molecule has 0 radical (unpaired) electrons. The van der Waals surface area contributed by atoms with Gasteiger partial charge in [-0.25, -0.2) is 14.4 Å². The Morgan fingerprint density at radius 3 is 2.48 bits per heavy atom. The number of hydrogen-bond acceptors (Lipinski definition) is 7. The average Bonchev–Trinajstić information content (AvgIpc) is 3.02. The summed E-state index contributed by atoms with van der Waals surface area (Å²) in [5.74, 6) is -0.522. The normalized spacial score (nSPS) is 16.3. The number of carbonyl (C=O) groups excluding carboxylic acids is 3. The third-order valence-electron chi connectivity index (χ3n) is 8.33. The van der Waals surface area contributed by atoms with Crippen LogP contribution in [0.15, 0.2) is 66.0 Å². The van der Waals surface area contributed by atoms with Crippen LogP contribution in [-0.4, -0.2) is 64.7 Å². The Kier molecular flexibility index (Phi) is 9.42. The molecule has 0 spiro atoms. The highest BCUT2D eigenvalue weighted by molar-refractivity contribution is 5.92. The number of nitrogens with zero attached hydrogens (tertiary/aromatic N) is 4. The Labute approximate surface area is 257 Å². The zero-order valence-electron chi connectivity index (χ0n) is 25.4. The zero-order chi connectivity index (χ0) is 31.2. The first-order chi connectivity index (χ1) is 21.2. The predicted molar refractivity (Wildman–Crippen MR) is 169 cm³/mol. The molecule has 2 aromatic carbocycles. The molecule has 2 aliphatic heterocycles. The van der Waals surface area contributed by atoms with Gasteiger partial charge in [0.1, 0.15) is 12.1 Å². The zero-order valence-corrected chi connectivity index (χ0v) is 25.4. The minimum absolute atomic E-state index is 0.0116. The number of amides is 4. The van der Waals surface area contributed by atoms with Gasteiger partial charge in [0, 0.05) is 56.9 Å². The highest BCUT2D eigenvalue weighted by atomic mass is 16.5. The second-order valence-corrected chi connectivity index (χ2v) is 11.4. The molecule has 3 heterocycles. The molecule has 44 heavy (non-hydrogen) atoms. The summed E-state index contributed by atoms with van der Waals surface area (Å²) < 4.78 is 5.83. The molecular formula is C33H39N7O4. The first-order valence-corrected chi connectivity index (χ1v) is 14.9. The number of aromatic nitrogens is 1. The van der Waals surface area contributed by atoms with E-state index in [-0.39, 0.29) is 24.5 Å². The van der Waals surface area contributed by atoms with Crippen LogP contribution in [0, 0.1) is 13.8 Å². The summed E-state index contributed by atoms with van der Waals surface area (Å²) in [6, 6.07) is 14.0.